The van der Waals surface area contributed by atoms with Crippen LogP contribution in [0.25, 0.3) is 0 Å². The van der Waals surface area contributed by atoms with Crippen LogP contribution in [0.3, 0.4) is 0 Å². The molecule has 0 spiro atoms. The van der Waals surface area contributed by atoms with Gasteiger partial charge in [-0.25, -0.2) is 0 Å². The van der Waals surface area contributed by atoms with Gasteiger partial charge in [-0.15, -0.1) is 0 Å². The minimum Gasteiger partial charge on any atom is -0.0873 e. The zero-order valence-electron chi connectivity index (χ0n) is 5.94. The van der Waals surface area contributed by atoms with E-state index in [0.29, 0.717) is 20.3 Å². The lowest BCUT2D eigenvalue weighted by atomic mass is 10.2. The first-order valence-corrected chi connectivity index (χ1v) is 5.70. The molecule has 0 amide bonds. The van der Waals surface area contributed by atoms with Crippen LogP contribution in [0.2, 0.25) is 0 Å². The topological polar surface area (TPSA) is 0 Å². The molecule has 1 rings (SSSR count). The Balaban J connectivity index is 2.82. The summed E-state index contributed by atoms with van der Waals surface area (Å²) in [6.07, 6.45) is 4.85. The van der Waals surface area contributed by atoms with E-state index in [9.17, 15) is 0 Å². The Morgan fingerprint density at radius 3 is 2.55 bits per heavy atom. The molecule has 0 aromatic carbocycles. The zero-order chi connectivity index (χ0) is 8.43. The second kappa shape index (κ2) is 4.08. The Labute approximate surface area is 85.6 Å². The van der Waals surface area contributed by atoms with Crippen LogP contribution in [0.15, 0.2) is 21.2 Å². The molecule has 0 aromatic rings. The molecular formula is C7H8Cl3S+. The maximum absolute atomic E-state index is 5.85. The summed E-state index contributed by atoms with van der Waals surface area (Å²) in [4.78, 5) is 0. The standard InChI is InChI=1S/C7H7Cl3S/c1-11-4-2-5(8)7(10)6(9)3-4/h2,4H,3H2,1H3/p+1/t4-/m1/s1. The average Bonchev–Trinajstić information content (AvgIpc) is 1.99. The predicted molar refractivity (Wildman–Crippen MR) is 55.8 cm³/mol. The van der Waals surface area contributed by atoms with E-state index >= 15 is 0 Å². The first kappa shape index (κ1) is 9.79. The second-order valence-corrected chi connectivity index (χ2v) is 4.68. The summed E-state index contributed by atoms with van der Waals surface area (Å²) in [7, 11) is 0. The van der Waals surface area contributed by atoms with E-state index in [1.807, 2.05) is 6.08 Å². The zero-order valence-corrected chi connectivity index (χ0v) is 9.11. The van der Waals surface area contributed by atoms with E-state index in [1.54, 1.807) is 0 Å². The Morgan fingerprint density at radius 1 is 1.45 bits per heavy atom. The summed E-state index contributed by atoms with van der Waals surface area (Å²) in [6, 6.07) is 0. The molecular weight excluding hydrogens is 223 g/mol. The van der Waals surface area contributed by atoms with Gasteiger partial charge in [0.25, 0.3) is 0 Å². The van der Waals surface area contributed by atoms with Crippen LogP contribution >= 0.6 is 34.8 Å². The summed E-state index contributed by atoms with van der Waals surface area (Å²) < 4.78 is 0. The van der Waals surface area contributed by atoms with Crippen molar-refractivity contribution in [1.29, 1.82) is 0 Å². The maximum Gasteiger partial charge on any atom is 0.140 e. The number of rotatable bonds is 1. The molecule has 0 saturated carbocycles. The highest BCUT2D eigenvalue weighted by atomic mass is 35.5. The molecule has 0 heterocycles. The fourth-order valence-corrected chi connectivity index (χ4v) is 2.45. The highest BCUT2D eigenvalue weighted by molar-refractivity contribution is 7.78. The molecule has 0 aromatic heterocycles. The van der Waals surface area contributed by atoms with E-state index < -0.39 is 0 Å². The van der Waals surface area contributed by atoms with Crippen LogP contribution in [0, 0.1) is 0 Å². The molecule has 0 N–H and O–H groups in total. The third kappa shape index (κ3) is 2.32. The number of hydrogen-bond acceptors (Lipinski definition) is 0. The van der Waals surface area contributed by atoms with Gasteiger partial charge in [0, 0.05) is 11.5 Å². The van der Waals surface area contributed by atoms with E-state index in [-0.39, 0.29) is 0 Å². The molecule has 62 valence electrons. The molecule has 1 aliphatic carbocycles. The van der Waals surface area contributed by atoms with Crippen molar-refractivity contribution in [3.8, 4) is 0 Å². The van der Waals surface area contributed by atoms with Crippen molar-refractivity contribution in [2.24, 2.45) is 0 Å². The van der Waals surface area contributed by atoms with E-state index in [2.05, 4.69) is 6.26 Å². The van der Waals surface area contributed by atoms with Gasteiger partial charge in [-0.3, -0.25) is 0 Å². The molecule has 11 heavy (non-hydrogen) atoms. The van der Waals surface area contributed by atoms with Crippen molar-refractivity contribution in [3.05, 3.63) is 21.2 Å². The Hall–Kier alpha value is 0.700. The molecule has 0 bridgehead atoms. The van der Waals surface area contributed by atoms with Gasteiger partial charge in [0.1, 0.15) is 5.25 Å². The van der Waals surface area contributed by atoms with Crippen LogP contribution in [-0.4, -0.2) is 11.5 Å². The normalized spacial score (nSPS) is 25.5. The first-order chi connectivity index (χ1) is 5.15. The number of allylic oxidation sites excluding steroid dienone is 3. The van der Waals surface area contributed by atoms with E-state index in [4.69, 9.17) is 34.8 Å². The second-order valence-electron chi connectivity index (χ2n) is 2.26. The first-order valence-electron chi connectivity index (χ1n) is 3.16. The minimum absolute atomic E-state index is 0.428. The smallest absolute Gasteiger partial charge is 0.0873 e. The highest BCUT2D eigenvalue weighted by Crippen LogP contribution is 2.33. The Kier molecular flexibility index (Phi) is 3.63. The van der Waals surface area contributed by atoms with Crippen molar-refractivity contribution >= 4 is 46.6 Å². The molecule has 0 unspecified atom stereocenters. The van der Waals surface area contributed by atoms with Crippen LogP contribution in [0.1, 0.15) is 6.42 Å². The Morgan fingerprint density at radius 2 is 2.09 bits per heavy atom. The van der Waals surface area contributed by atoms with Crippen LogP contribution in [0.4, 0.5) is 0 Å². The van der Waals surface area contributed by atoms with Crippen molar-refractivity contribution in [2.75, 3.05) is 6.26 Å². The lowest BCUT2D eigenvalue weighted by Crippen LogP contribution is -2.10. The van der Waals surface area contributed by atoms with Gasteiger partial charge in [-0.05, 0) is 17.8 Å². The molecule has 1 aliphatic rings. The molecule has 0 nitrogen and oxygen atoms in total. The fourth-order valence-electron chi connectivity index (χ4n) is 0.870. The number of halogens is 3. The van der Waals surface area contributed by atoms with E-state index in [0.717, 1.165) is 6.42 Å². The maximum atomic E-state index is 5.85. The van der Waals surface area contributed by atoms with Gasteiger partial charge in [-0.2, -0.15) is 0 Å². The highest BCUT2D eigenvalue weighted by Gasteiger charge is 2.21. The van der Waals surface area contributed by atoms with Crippen molar-refractivity contribution in [3.63, 3.8) is 0 Å². The largest absolute Gasteiger partial charge is 0.140 e. The summed E-state index contributed by atoms with van der Waals surface area (Å²) >= 11 is 18.7. The van der Waals surface area contributed by atoms with Crippen LogP contribution in [0.5, 0.6) is 0 Å². The molecule has 0 fully saturated rings. The molecule has 0 radical (unpaired) electrons. The molecule has 4 heteroatoms. The molecule has 0 saturated heterocycles. The van der Waals surface area contributed by atoms with Crippen molar-refractivity contribution in [1.82, 2.24) is 0 Å². The minimum atomic E-state index is 0.428. The number of thiol groups is 1. The van der Waals surface area contributed by atoms with Gasteiger partial charge < -0.3 is 0 Å². The average molecular weight is 231 g/mol. The predicted octanol–water partition coefficient (Wildman–Crippen LogP) is 3.02. The third-order valence-corrected chi connectivity index (χ3v) is 3.78. The quantitative estimate of drug-likeness (QED) is 0.480. The Bertz CT molecular complexity index is 220. The fraction of sp³-hybridized carbons (Fsp3) is 0.429. The lowest BCUT2D eigenvalue weighted by molar-refractivity contribution is 1.03. The van der Waals surface area contributed by atoms with Gasteiger partial charge in [0.05, 0.1) is 16.3 Å². The molecule has 1 atom stereocenters. The van der Waals surface area contributed by atoms with Crippen LogP contribution < -0.4 is 0 Å². The SMILES string of the molecule is C[SH+][C@@H]1C=C(Cl)C(Cl)=C(Cl)C1. The lowest BCUT2D eigenvalue weighted by Gasteiger charge is -2.11. The van der Waals surface area contributed by atoms with Crippen LogP contribution in [-0.2, 0) is 11.8 Å². The van der Waals surface area contributed by atoms with Crippen molar-refractivity contribution < 1.29 is 0 Å². The van der Waals surface area contributed by atoms with Gasteiger partial charge in [-0.1, -0.05) is 34.8 Å². The molecule has 0 aliphatic heterocycles. The monoisotopic (exact) mass is 229 g/mol. The summed E-state index contributed by atoms with van der Waals surface area (Å²) in [5.74, 6) is 0. The summed E-state index contributed by atoms with van der Waals surface area (Å²) in [6.45, 7) is 0. The van der Waals surface area contributed by atoms with E-state index in [1.165, 1.54) is 11.8 Å². The van der Waals surface area contributed by atoms with Gasteiger partial charge >= 0.3 is 0 Å². The van der Waals surface area contributed by atoms with Crippen molar-refractivity contribution in [2.45, 2.75) is 11.7 Å². The summed E-state index contributed by atoms with van der Waals surface area (Å²) in [5, 5.41) is 2.20. The van der Waals surface area contributed by atoms with Gasteiger partial charge in [0.2, 0.25) is 0 Å². The number of hydrogen-bond donors (Lipinski definition) is 0. The summed E-state index contributed by atoms with van der Waals surface area (Å²) in [5.41, 5.74) is 0. The van der Waals surface area contributed by atoms with Gasteiger partial charge in [0.15, 0.2) is 0 Å². The third-order valence-electron chi connectivity index (χ3n) is 1.51.